The number of halogens is 2. The molecule has 3 aliphatic carbocycles. The summed E-state index contributed by atoms with van der Waals surface area (Å²) in [7, 11) is 0. The first kappa shape index (κ1) is 28.6. The third-order valence-corrected chi connectivity index (χ3v) is 10.1. The molecule has 5 atom stereocenters. The molecule has 1 aliphatic heterocycles. The van der Waals surface area contributed by atoms with E-state index in [9.17, 15) is 18.4 Å². The van der Waals surface area contributed by atoms with Crippen molar-refractivity contribution in [1.29, 1.82) is 0 Å². The molecular weight excluding hydrogens is 538 g/mol. The fourth-order valence-electron chi connectivity index (χ4n) is 7.39. The van der Waals surface area contributed by atoms with Gasteiger partial charge in [0.25, 0.3) is 5.56 Å². The maximum absolute atomic E-state index is 14.1. The van der Waals surface area contributed by atoms with Crippen molar-refractivity contribution in [2.75, 3.05) is 25.0 Å². The standard InChI is InChI=1S/C32H40F2N6O2/c1-18-17-39(12-10-35-18)30(37-27-14-21-13-25(19(27)2)32(21,3)4)36-23-7-8-24-28(16-23)38-31(42)40(29(24)41)11-9-20-5-6-22(33)15-26(20)34/h5-8,15-16,18-19,21,25,27,35H,9-14,17H2,1-4H3,(H,36,37)(H,38,42)/t18-,19-,21+,25-,27?/m0/s1. The van der Waals surface area contributed by atoms with Crippen molar-refractivity contribution in [2.24, 2.45) is 28.2 Å². The first-order valence-corrected chi connectivity index (χ1v) is 15.0. The van der Waals surface area contributed by atoms with Gasteiger partial charge in [0, 0.05) is 44.0 Å². The second-order valence-corrected chi connectivity index (χ2v) is 13.0. The third kappa shape index (κ3) is 5.25. The number of hydrogen-bond donors (Lipinski definition) is 3. The summed E-state index contributed by atoms with van der Waals surface area (Å²) in [6.07, 6.45) is 2.47. The number of hydrogen-bond acceptors (Lipinski definition) is 4. The van der Waals surface area contributed by atoms with E-state index in [1.54, 1.807) is 12.1 Å². The van der Waals surface area contributed by atoms with Crippen LogP contribution in [0, 0.1) is 34.8 Å². The zero-order valence-corrected chi connectivity index (χ0v) is 24.7. The van der Waals surface area contributed by atoms with Gasteiger partial charge in [0.05, 0.1) is 16.9 Å². The van der Waals surface area contributed by atoms with E-state index in [0.717, 1.165) is 54.4 Å². The van der Waals surface area contributed by atoms with Crippen molar-refractivity contribution >= 4 is 22.5 Å². The number of anilines is 1. The lowest BCUT2D eigenvalue weighted by Crippen LogP contribution is -2.57. The van der Waals surface area contributed by atoms with Gasteiger partial charge in [0.1, 0.15) is 11.6 Å². The molecule has 224 valence electrons. The molecule has 0 amide bonds. The van der Waals surface area contributed by atoms with Gasteiger partial charge in [-0.3, -0.25) is 9.36 Å². The van der Waals surface area contributed by atoms with Gasteiger partial charge < -0.3 is 20.5 Å². The predicted octanol–water partition coefficient (Wildman–Crippen LogP) is 4.34. The number of nitrogens with zero attached hydrogens (tertiary/aromatic N) is 3. The van der Waals surface area contributed by atoms with Crippen molar-refractivity contribution in [3.63, 3.8) is 0 Å². The first-order chi connectivity index (χ1) is 20.0. The van der Waals surface area contributed by atoms with Crippen molar-refractivity contribution in [3.05, 3.63) is 74.4 Å². The molecular formula is C32H40F2N6O2. The lowest BCUT2D eigenvalue weighted by molar-refractivity contribution is -0.108. The van der Waals surface area contributed by atoms with Crippen molar-refractivity contribution in [3.8, 4) is 0 Å². The molecule has 1 unspecified atom stereocenters. The molecule has 8 nitrogen and oxygen atoms in total. The number of piperazine rings is 1. The van der Waals surface area contributed by atoms with Gasteiger partial charge >= 0.3 is 5.69 Å². The van der Waals surface area contributed by atoms with Crippen LogP contribution in [0.5, 0.6) is 0 Å². The molecule has 0 radical (unpaired) electrons. The number of aliphatic imine (C=N–C) groups is 1. The number of aryl methyl sites for hydroxylation is 1. The van der Waals surface area contributed by atoms with Crippen LogP contribution in [-0.2, 0) is 13.0 Å². The zero-order valence-electron chi connectivity index (χ0n) is 24.7. The minimum absolute atomic E-state index is 0.0248. The molecule has 7 rings (SSSR count). The Labute approximate surface area is 244 Å². The van der Waals surface area contributed by atoms with Crippen LogP contribution in [0.3, 0.4) is 0 Å². The summed E-state index contributed by atoms with van der Waals surface area (Å²) in [4.78, 5) is 36.6. The number of nitrogens with one attached hydrogen (secondary N) is 3. The van der Waals surface area contributed by atoms with Crippen molar-refractivity contribution < 1.29 is 8.78 Å². The Morgan fingerprint density at radius 2 is 1.93 bits per heavy atom. The Morgan fingerprint density at radius 1 is 1.12 bits per heavy atom. The van der Waals surface area contributed by atoms with Crippen LogP contribution in [0.1, 0.15) is 46.1 Å². The fourth-order valence-corrected chi connectivity index (χ4v) is 7.39. The Bertz CT molecular complexity index is 1650. The van der Waals surface area contributed by atoms with E-state index in [-0.39, 0.29) is 24.6 Å². The second kappa shape index (κ2) is 10.9. The monoisotopic (exact) mass is 578 g/mol. The van der Waals surface area contributed by atoms with Gasteiger partial charge in [-0.1, -0.05) is 26.8 Å². The highest BCUT2D eigenvalue weighted by Gasteiger charge is 2.56. The highest BCUT2D eigenvalue weighted by molar-refractivity contribution is 5.96. The van der Waals surface area contributed by atoms with Gasteiger partial charge in [0.15, 0.2) is 5.96 Å². The molecule has 3 aromatic rings. The van der Waals surface area contributed by atoms with Gasteiger partial charge in [-0.05, 0) is 79.2 Å². The number of aromatic amines is 1. The number of rotatable bonds is 5. The van der Waals surface area contributed by atoms with E-state index in [2.05, 4.69) is 48.2 Å². The molecule has 2 bridgehead atoms. The third-order valence-electron chi connectivity index (χ3n) is 10.1. The van der Waals surface area contributed by atoms with E-state index < -0.39 is 22.9 Å². The topological polar surface area (TPSA) is 94.5 Å². The number of guanidine groups is 1. The van der Waals surface area contributed by atoms with Gasteiger partial charge in [-0.2, -0.15) is 0 Å². The Kier molecular flexibility index (Phi) is 7.45. The first-order valence-electron chi connectivity index (χ1n) is 15.0. The van der Waals surface area contributed by atoms with Gasteiger partial charge in [0.2, 0.25) is 0 Å². The number of fused-ring (bicyclic) bond motifs is 3. The molecule has 4 fully saturated rings. The fraction of sp³-hybridized carbons (Fsp3) is 0.531. The average Bonchev–Trinajstić information content (AvgIpc) is 2.94. The SMILES string of the molecule is C[C@@H]1C(/N=C(/Nc2ccc3c(=O)n(CCc4ccc(F)cc4F)c(=O)[nH]c3c2)N2CCN[C@@H](C)C2)C[C@H]2C[C@@H]1C2(C)C. The Morgan fingerprint density at radius 3 is 2.64 bits per heavy atom. The Balaban J connectivity index is 1.27. The minimum atomic E-state index is -0.698. The van der Waals surface area contributed by atoms with Crippen LogP contribution < -0.4 is 21.9 Å². The van der Waals surface area contributed by atoms with E-state index in [0.29, 0.717) is 40.1 Å². The number of aromatic nitrogens is 2. The summed E-state index contributed by atoms with van der Waals surface area (Å²) in [5, 5.41) is 7.39. The van der Waals surface area contributed by atoms with E-state index >= 15 is 0 Å². The summed E-state index contributed by atoms with van der Waals surface area (Å²) in [5.41, 5.74) is 0.751. The normalized spacial score (nSPS) is 27.1. The maximum atomic E-state index is 14.1. The smallest absolute Gasteiger partial charge is 0.328 e. The van der Waals surface area contributed by atoms with Crippen LogP contribution in [0.15, 0.2) is 51.0 Å². The van der Waals surface area contributed by atoms with Gasteiger partial charge in [-0.25, -0.2) is 18.6 Å². The van der Waals surface area contributed by atoms with Crippen LogP contribution in [0.25, 0.3) is 10.9 Å². The highest BCUT2D eigenvalue weighted by Crippen LogP contribution is 2.61. The molecule has 1 saturated heterocycles. The molecule has 1 aromatic heterocycles. The maximum Gasteiger partial charge on any atom is 0.328 e. The van der Waals surface area contributed by atoms with Crippen LogP contribution >= 0.6 is 0 Å². The lowest BCUT2D eigenvalue weighted by atomic mass is 9.45. The summed E-state index contributed by atoms with van der Waals surface area (Å²) >= 11 is 0. The minimum Gasteiger partial charge on any atom is -0.340 e. The van der Waals surface area contributed by atoms with Crippen molar-refractivity contribution in [1.82, 2.24) is 19.8 Å². The summed E-state index contributed by atoms with van der Waals surface area (Å²) in [5.74, 6) is 1.34. The molecule has 10 heteroatoms. The lowest BCUT2D eigenvalue weighted by Gasteiger charge is -2.61. The van der Waals surface area contributed by atoms with E-state index in [4.69, 9.17) is 4.99 Å². The molecule has 3 N–H and O–H groups in total. The molecule has 2 heterocycles. The molecule has 2 aromatic carbocycles. The quantitative estimate of drug-likeness (QED) is 0.309. The van der Waals surface area contributed by atoms with Crippen LogP contribution in [-0.4, -0.2) is 52.1 Å². The summed E-state index contributed by atoms with van der Waals surface area (Å²) in [6.45, 7) is 11.8. The van der Waals surface area contributed by atoms with E-state index in [1.165, 1.54) is 12.5 Å². The molecule has 0 spiro atoms. The summed E-state index contributed by atoms with van der Waals surface area (Å²) < 4.78 is 28.4. The number of H-pyrrole nitrogens is 1. The number of benzene rings is 2. The second-order valence-electron chi connectivity index (χ2n) is 13.0. The molecule has 42 heavy (non-hydrogen) atoms. The predicted molar refractivity (Wildman–Crippen MR) is 162 cm³/mol. The summed E-state index contributed by atoms with van der Waals surface area (Å²) in [6, 6.07) is 9.17. The van der Waals surface area contributed by atoms with Crippen molar-refractivity contribution in [2.45, 2.75) is 65.6 Å². The van der Waals surface area contributed by atoms with Crippen LogP contribution in [0.2, 0.25) is 0 Å². The molecule has 4 aliphatic rings. The highest BCUT2D eigenvalue weighted by atomic mass is 19.1. The largest absolute Gasteiger partial charge is 0.340 e. The van der Waals surface area contributed by atoms with Crippen LogP contribution in [0.4, 0.5) is 14.5 Å². The zero-order chi connectivity index (χ0) is 29.8. The molecule has 3 saturated carbocycles. The van der Waals surface area contributed by atoms with Gasteiger partial charge in [-0.15, -0.1) is 0 Å². The average molecular weight is 579 g/mol. The Hall–Kier alpha value is -3.53. The van der Waals surface area contributed by atoms with E-state index in [1.807, 2.05) is 6.07 Å².